The predicted octanol–water partition coefficient (Wildman–Crippen LogP) is 4.86. The SMILES string of the molecule is CCOC1CC(Nc2ccc(Br)c(Cl)c2)C12CCC2. The van der Waals surface area contributed by atoms with E-state index in [4.69, 9.17) is 16.3 Å². The Morgan fingerprint density at radius 2 is 2.26 bits per heavy atom. The predicted molar refractivity (Wildman–Crippen MR) is 82.9 cm³/mol. The first-order valence-electron chi connectivity index (χ1n) is 6.99. The molecule has 2 aliphatic rings. The fourth-order valence-electron chi connectivity index (χ4n) is 3.43. The lowest BCUT2D eigenvalue weighted by Gasteiger charge is -2.61. The number of benzene rings is 1. The van der Waals surface area contributed by atoms with E-state index in [0.717, 1.165) is 28.2 Å². The summed E-state index contributed by atoms with van der Waals surface area (Å²) < 4.78 is 6.82. The van der Waals surface area contributed by atoms with Gasteiger partial charge in [-0.2, -0.15) is 0 Å². The largest absolute Gasteiger partial charge is 0.382 e. The molecule has 2 atom stereocenters. The number of hydrogen-bond donors (Lipinski definition) is 1. The summed E-state index contributed by atoms with van der Waals surface area (Å²) in [5, 5.41) is 4.40. The first-order chi connectivity index (χ1) is 9.15. The molecule has 0 saturated heterocycles. The normalized spacial score (nSPS) is 27.7. The highest BCUT2D eigenvalue weighted by Crippen LogP contribution is 2.58. The molecule has 104 valence electrons. The minimum Gasteiger partial charge on any atom is -0.382 e. The fourth-order valence-corrected chi connectivity index (χ4v) is 3.85. The highest BCUT2D eigenvalue weighted by atomic mass is 79.9. The Balaban J connectivity index is 1.69. The molecule has 0 aliphatic heterocycles. The molecule has 0 heterocycles. The van der Waals surface area contributed by atoms with Gasteiger partial charge < -0.3 is 10.1 Å². The Labute approximate surface area is 128 Å². The van der Waals surface area contributed by atoms with Gasteiger partial charge in [-0.3, -0.25) is 0 Å². The molecule has 2 unspecified atom stereocenters. The number of rotatable bonds is 4. The zero-order valence-corrected chi connectivity index (χ0v) is 13.4. The lowest BCUT2D eigenvalue weighted by Crippen LogP contribution is -2.64. The summed E-state index contributed by atoms with van der Waals surface area (Å²) in [7, 11) is 0. The second kappa shape index (κ2) is 5.27. The summed E-state index contributed by atoms with van der Waals surface area (Å²) in [6, 6.07) is 6.61. The third-order valence-corrected chi connectivity index (χ3v) is 5.93. The molecular weight excluding hydrogens is 326 g/mol. The summed E-state index contributed by atoms with van der Waals surface area (Å²) in [6.45, 7) is 2.91. The lowest BCUT2D eigenvalue weighted by molar-refractivity contribution is -0.157. The van der Waals surface area contributed by atoms with Gasteiger partial charge in [0.05, 0.1) is 11.1 Å². The number of anilines is 1. The maximum absolute atomic E-state index is 6.14. The fraction of sp³-hybridized carbons (Fsp3) is 0.600. The molecule has 3 rings (SSSR count). The quantitative estimate of drug-likeness (QED) is 0.842. The molecule has 0 bridgehead atoms. The van der Waals surface area contributed by atoms with Crippen LogP contribution in [0.25, 0.3) is 0 Å². The average Bonchev–Trinajstić information content (AvgIpc) is 2.30. The van der Waals surface area contributed by atoms with Crippen LogP contribution in [0.3, 0.4) is 0 Å². The van der Waals surface area contributed by atoms with Crippen molar-refractivity contribution in [2.45, 2.75) is 44.8 Å². The maximum atomic E-state index is 6.14. The molecule has 4 heteroatoms. The van der Waals surface area contributed by atoms with Gasteiger partial charge in [-0.05, 0) is 60.3 Å². The van der Waals surface area contributed by atoms with Crippen LogP contribution in [0, 0.1) is 5.41 Å². The van der Waals surface area contributed by atoms with Crippen LogP contribution in [0.4, 0.5) is 5.69 Å². The van der Waals surface area contributed by atoms with Gasteiger partial charge in [-0.1, -0.05) is 18.0 Å². The molecule has 1 spiro atoms. The number of ether oxygens (including phenoxy) is 1. The average molecular weight is 345 g/mol. The second-order valence-electron chi connectivity index (χ2n) is 5.59. The van der Waals surface area contributed by atoms with E-state index in [9.17, 15) is 0 Å². The Kier molecular flexibility index (Phi) is 3.80. The highest BCUT2D eigenvalue weighted by Gasteiger charge is 2.58. The van der Waals surface area contributed by atoms with E-state index < -0.39 is 0 Å². The van der Waals surface area contributed by atoms with E-state index in [0.29, 0.717) is 17.6 Å². The van der Waals surface area contributed by atoms with Crippen molar-refractivity contribution >= 4 is 33.2 Å². The highest BCUT2D eigenvalue weighted by molar-refractivity contribution is 9.10. The summed E-state index contributed by atoms with van der Waals surface area (Å²) in [4.78, 5) is 0. The van der Waals surface area contributed by atoms with E-state index in [2.05, 4.69) is 34.2 Å². The second-order valence-corrected chi connectivity index (χ2v) is 6.85. The molecule has 0 radical (unpaired) electrons. The molecular formula is C15H19BrClNO. The Morgan fingerprint density at radius 3 is 2.84 bits per heavy atom. The van der Waals surface area contributed by atoms with E-state index >= 15 is 0 Å². The number of halogens is 2. The van der Waals surface area contributed by atoms with Gasteiger partial charge in [-0.15, -0.1) is 0 Å². The first kappa shape index (κ1) is 13.7. The van der Waals surface area contributed by atoms with Gasteiger partial charge >= 0.3 is 0 Å². The Bertz CT molecular complexity index is 475. The zero-order valence-electron chi connectivity index (χ0n) is 11.1. The molecule has 0 amide bonds. The third kappa shape index (κ3) is 2.30. The molecule has 2 saturated carbocycles. The van der Waals surface area contributed by atoms with Crippen molar-refractivity contribution in [1.29, 1.82) is 0 Å². The van der Waals surface area contributed by atoms with E-state index in [-0.39, 0.29) is 0 Å². The monoisotopic (exact) mass is 343 g/mol. The van der Waals surface area contributed by atoms with Crippen molar-refractivity contribution in [3.8, 4) is 0 Å². The molecule has 0 aromatic heterocycles. The topological polar surface area (TPSA) is 21.3 Å². The Hall–Kier alpha value is -0.250. The van der Waals surface area contributed by atoms with E-state index in [1.165, 1.54) is 19.3 Å². The van der Waals surface area contributed by atoms with Crippen LogP contribution < -0.4 is 5.32 Å². The van der Waals surface area contributed by atoms with Crippen LogP contribution in [-0.4, -0.2) is 18.8 Å². The van der Waals surface area contributed by atoms with Gasteiger partial charge in [-0.25, -0.2) is 0 Å². The van der Waals surface area contributed by atoms with Crippen LogP contribution in [0.1, 0.15) is 32.6 Å². The van der Waals surface area contributed by atoms with Crippen molar-refractivity contribution in [1.82, 2.24) is 0 Å². The first-order valence-corrected chi connectivity index (χ1v) is 8.16. The van der Waals surface area contributed by atoms with Gasteiger partial charge in [0.25, 0.3) is 0 Å². The molecule has 1 aromatic carbocycles. The van der Waals surface area contributed by atoms with E-state index in [1.54, 1.807) is 0 Å². The summed E-state index contributed by atoms with van der Waals surface area (Å²) in [5.74, 6) is 0. The van der Waals surface area contributed by atoms with Gasteiger partial charge in [0, 0.05) is 28.2 Å². The minimum atomic E-state index is 0.384. The summed E-state index contributed by atoms with van der Waals surface area (Å²) in [6.07, 6.45) is 5.48. The molecule has 2 nitrogen and oxygen atoms in total. The third-order valence-electron chi connectivity index (χ3n) is 4.70. The zero-order chi connectivity index (χ0) is 13.5. The van der Waals surface area contributed by atoms with Gasteiger partial charge in [0.15, 0.2) is 0 Å². The summed E-state index contributed by atoms with van der Waals surface area (Å²) >= 11 is 9.57. The number of nitrogens with one attached hydrogen (secondary N) is 1. The van der Waals surface area contributed by atoms with Gasteiger partial charge in [0.2, 0.25) is 0 Å². The van der Waals surface area contributed by atoms with Crippen molar-refractivity contribution in [2.75, 3.05) is 11.9 Å². The molecule has 2 aliphatic carbocycles. The number of hydrogen-bond acceptors (Lipinski definition) is 2. The van der Waals surface area contributed by atoms with Crippen LogP contribution in [0.15, 0.2) is 22.7 Å². The van der Waals surface area contributed by atoms with Crippen molar-refractivity contribution in [3.05, 3.63) is 27.7 Å². The van der Waals surface area contributed by atoms with Crippen LogP contribution in [-0.2, 0) is 4.74 Å². The maximum Gasteiger partial charge on any atom is 0.0670 e. The van der Waals surface area contributed by atoms with Crippen LogP contribution >= 0.6 is 27.5 Å². The van der Waals surface area contributed by atoms with E-state index in [1.807, 2.05) is 12.1 Å². The molecule has 2 fully saturated rings. The molecule has 1 aromatic rings. The molecule has 19 heavy (non-hydrogen) atoms. The van der Waals surface area contributed by atoms with Crippen LogP contribution in [0.2, 0.25) is 5.02 Å². The molecule has 1 N–H and O–H groups in total. The van der Waals surface area contributed by atoms with Crippen molar-refractivity contribution in [3.63, 3.8) is 0 Å². The van der Waals surface area contributed by atoms with Gasteiger partial charge in [0.1, 0.15) is 0 Å². The van der Waals surface area contributed by atoms with Crippen LogP contribution in [0.5, 0.6) is 0 Å². The smallest absolute Gasteiger partial charge is 0.0670 e. The van der Waals surface area contributed by atoms with Crippen molar-refractivity contribution < 1.29 is 4.74 Å². The van der Waals surface area contributed by atoms with Crippen molar-refractivity contribution in [2.24, 2.45) is 5.41 Å². The Morgan fingerprint density at radius 1 is 1.47 bits per heavy atom. The standard InChI is InChI=1S/C15H19BrClNO/c1-2-19-14-9-13(15(14)6-3-7-15)18-10-4-5-11(16)12(17)8-10/h4-5,8,13-14,18H,2-3,6-7,9H2,1H3. The minimum absolute atomic E-state index is 0.384. The summed E-state index contributed by atoms with van der Waals surface area (Å²) in [5.41, 5.74) is 1.50. The lowest BCUT2D eigenvalue weighted by atomic mass is 9.51.